The predicted molar refractivity (Wildman–Crippen MR) is 112 cm³/mol. The van der Waals surface area contributed by atoms with Crippen molar-refractivity contribution in [2.45, 2.75) is 6.42 Å². The molecule has 0 aliphatic carbocycles. The summed E-state index contributed by atoms with van der Waals surface area (Å²) in [6, 6.07) is 9.26. The lowest BCUT2D eigenvalue weighted by atomic mass is 10.0. The minimum Gasteiger partial charge on any atom is -0.378 e. The third kappa shape index (κ3) is 5.33. The SMILES string of the molecule is CSCCCNC(=O)c1cncc(-c2ccc(C(=O)N3CCOCC3)cc2)c1. The van der Waals surface area contributed by atoms with E-state index in [-0.39, 0.29) is 11.8 Å². The van der Waals surface area contributed by atoms with Crippen molar-refractivity contribution in [2.75, 3.05) is 44.9 Å². The second kappa shape index (κ2) is 10.2. The lowest BCUT2D eigenvalue weighted by molar-refractivity contribution is 0.0303. The molecule has 0 unspecified atom stereocenters. The highest BCUT2D eigenvalue weighted by molar-refractivity contribution is 7.98. The quantitative estimate of drug-likeness (QED) is 0.725. The number of ether oxygens (including phenoxy) is 1. The largest absolute Gasteiger partial charge is 0.378 e. The van der Waals surface area contributed by atoms with E-state index in [0.717, 1.165) is 23.3 Å². The number of aromatic nitrogens is 1. The molecule has 7 heteroatoms. The molecule has 148 valence electrons. The number of hydrogen-bond donors (Lipinski definition) is 1. The number of benzene rings is 1. The normalized spacial score (nSPS) is 14.0. The van der Waals surface area contributed by atoms with Gasteiger partial charge in [0, 0.05) is 43.2 Å². The molecule has 1 aromatic carbocycles. The number of nitrogens with zero attached hydrogens (tertiary/aromatic N) is 2. The number of nitrogens with one attached hydrogen (secondary N) is 1. The third-order valence-electron chi connectivity index (χ3n) is 4.57. The Balaban J connectivity index is 1.66. The molecule has 6 nitrogen and oxygen atoms in total. The third-order valence-corrected chi connectivity index (χ3v) is 5.27. The molecule has 1 N–H and O–H groups in total. The Bertz CT molecular complexity index is 805. The summed E-state index contributed by atoms with van der Waals surface area (Å²) in [6.45, 7) is 3.07. The molecule has 0 spiro atoms. The minimum absolute atomic E-state index is 0.0198. The zero-order valence-electron chi connectivity index (χ0n) is 16.0. The monoisotopic (exact) mass is 399 g/mol. The molecule has 1 fully saturated rings. The summed E-state index contributed by atoms with van der Waals surface area (Å²) >= 11 is 1.76. The van der Waals surface area contributed by atoms with E-state index >= 15 is 0 Å². The van der Waals surface area contributed by atoms with Crippen LogP contribution in [0.2, 0.25) is 0 Å². The topological polar surface area (TPSA) is 71.5 Å². The fraction of sp³-hybridized carbons (Fsp3) is 0.381. The summed E-state index contributed by atoms with van der Waals surface area (Å²) in [5.41, 5.74) is 2.96. The van der Waals surface area contributed by atoms with Crippen molar-refractivity contribution in [3.63, 3.8) is 0 Å². The first-order valence-corrected chi connectivity index (χ1v) is 10.8. The van der Waals surface area contributed by atoms with Gasteiger partial charge in [-0.05, 0) is 42.2 Å². The summed E-state index contributed by atoms with van der Waals surface area (Å²) in [5, 5.41) is 2.92. The molecular weight excluding hydrogens is 374 g/mol. The summed E-state index contributed by atoms with van der Waals surface area (Å²) in [4.78, 5) is 30.8. The van der Waals surface area contributed by atoms with Crippen LogP contribution < -0.4 is 5.32 Å². The van der Waals surface area contributed by atoms with Crippen LogP contribution in [0.5, 0.6) is 0 Å². The molecule has 28 heavy (non-hydrogen) atoms. The van der Waals surface area contributed by atoms with E-state index in [9.17, 15) is 9.59 Å². The van der Waals surface area contributed by atoms with E-state index in [2.05, 4.69) is 16.6 Å². The second-order valence-electron chi connectivity index (χ2n) is 6.55. The molecule has 2 heterocycles. The molecular formula is C21H25N3O3S. The number of thioether (sulfide) groups is 1. The standard InChI is InChI=1S/C21H25N3O3S/c1-28-12-2-7-23-20(25)19-13-18(14-22-15-19)16-3-5-17(6-4-16)21(26)24-8-10-27-11-9-24/h3-6,13-15H,2,7-12H2,1H3,(H,23,25). The van der Waals surface area contributed by atoms with Gasteiger partial charge in [0.1, 0.15) is 0 Å². The first kappa shape index (κ1) is 20.4. The van der Waals surface area contributed by atoms with Crippen LogP contribution in [0.4, 0.5) is 0 Å². The van der Waals surface area contributed by atoms with Gasteiger partial charge in [-0.1, -0.05) is 12.1 Å². The van der Waals surface area contributed by atoms with Crippen LogP contribution in [0.1, 0.15) is 27.1 Å². The Kier molecular flexibility index (Phi) is 7.45. The zero-order chi connectivity index (χ0) is 19.8. The van der Waals surface area contributed by atoms with Crippen LogP contribution in [0, 0.1) is 0 Å². The van der Waals surface area contributed by atoms with Gasteiger partial charge < -0.3 is 15.0 Å². The van der Waals surface area contributed by atoms with Crippen molar-refractivity contribution in [3.8, 4) is 11.1 Å². The molecule has 0 atom stereocenters. The number of rotatable bonds is 7. The van der Waals surface area contributed by atoms with Crippen LogP contribution in [0.3, 0.4) is 0 Å². The van der Waals surface area contributed by atoms with Crippen LogP contribution >= 0.6 is 11.8 Å². The van der Waals surface area contributed by atoms with E-state index in [1.165, 1.54) is 0 Å². The Morgan fingerprint density at radius 2 is 1.86 bits per heavy atom. The molecule has 1 saturated heterocycles. The van der Waals surface area contributed by atoms with Gasteiger partial charge >= 0.3 is 0 Å². The number of pyridine rings is 1. The second-order valence-corrected chi connectivity index (χ2v) is 7.53. The van der Waals surface area contributed by atoms with E-state index in [1.54, 1.807) is 24.2 Å². The maximum atomic E-state index is 12.5. The van der Waals surface area contributed by atoms with Gasteiger partial charge in [-0.15, -0.1) is 0 Å². The molecule has 0 radical (unpaired) electrons. The fourth-order valence-electron chi connectivity index (χ4n) is 3.00. The number of carbonyl (C=O) groups excluding carboxylic acids is 2. The first-order chi connectivity index (χ1) is 13.7. The van der Waals surface area contributed by atoms with Crippen LogP contribution in [-0.2, 0) is 4.74 Å². The Morgan fingerprint density at radius 1 is 1.11 bits per heavy atom. The lowest BCUT2D eigenvalue weighted by Crippen LogP contribution is -2.40. The first-order valence-electron chi connectivity index (χ1n) is 9.38. The summed E-state index contributed by atoms with van der Waals surface area (Å²) in [7, 11) is 0. The maximum absolute atomic E-state index is 12.5. The molecule has 0 bridgehead atoms. The van der Waals surface area contributed by atoms with Crippen molar-refractivity contribution < 1.29 is 14.3 Å². The Morgan fingerprint density at radius 3 is 2.57 bits per heavy atom. The average Bonchev–Trinajstić information content (AvgIpc) is 2.77. The summed E-state index contributed by atoms with van der Waals surface area (Å²) < 4.78 is 5.30. The number of carbonyl (C=O) groups is 2. The van der Waals surface area contributed by atoms with Gasteiger partial charge in [0.15, 0.2) is 0 Å². The highest BCUT2D eigenvalue weighted by Gasteiger charge is 2.18. The summed E-state index contributed by atoms with van der Waals surface area (Å²) in [6.07, 6.45) is 6.29. The predicted octanol–water partition coefficient (Wildman–Crippen LogP) is 2.70. The Labute approximate surface area is 169 Å². The van der Waals surface area contributed by atoms with Gasteiger partial charge in [0.25, 0.3) is 11.8 Å². The zero-order valence-corrected chi connectivity index (χ0v) is 16.8. The average molecular weight is 400 g/mol. The van der Waals surface area contributed by atoms with Crippen molar-refractivity contribution in [2.24, 2.45) is 0 Å². The van der Waals surface area contributed by atoms with Crippen molar-refractivity contribution in [1.82, 2.24) is 15.2 Å². The van der Waals surface area contributed by atoms with Crippen LogP contribution in [0.15, 0.2) is 42.7 Å². The fourth-order valence-corrected chi connectivity index (χ4v) is 3.43. The number of morpholine rings is 1. The number of hydrogen-bond acceptors (Lipinski definition) is 5. The highest BCUT2D eigenvalue weighted by Crippen LogP contribution is 2.21. The smallest absolute Gasteiger partial charge is 0.254 e. The van der Waals surface area contributed by atoms with Gasteiger partial charge in [-0.3, -0.25) is 14.6 Å². The molecule has 0 saturated carbocycles. The molecule has 3 rings (SSSR count). The summed E-state index contributed by atoms with van der Waals surface area (Å²) in [5.74, 6) is 0.926. The van der Waals surface area contributed by atoms with Gasteiger partial charge in [-0.25, -0.2) is 0 Å². The molecule has 2 aromatic rings. The highest BCUT2D eigenvalue weighted by atomic mass is 32.2. The van der Waals surface area contributed by atoms with E-state index in [4.69, 9.17) is 4.74 Å². The van der Waals surface area contributed by atoms with E-state index < -0.39 is 0 Å². The molecule has 1 aliphatic rings. The molecule has 1 aromatic heterocycles. The van der Waals surface area contributed by atoms with Gasteiger partial charge in [0.05, 0.1) is 18.8 Å². The van der Waals surface area contributed by atoms with Gasteiger partial charge in [0.2, 0.25) is 0 Å². The van der Waals surface area contributed by atoms with E-state index in [1.807, 2.05) is 35.2 Å². The maximum Gasteiger partial charge on any atom is 0.254 e. The molecule has 2 amide bonds. The van der Waals surface area contributed by atoms with Crippen LogP contribution in [-0.4, -0.2) is 66.6 Å². The van der Waals surface area contributed by atoms with E-state index in [0.29, 0.717) is 44.0 Å². The van der Waals surface area contributed by atoms with Crippen molar-refractivity contribution in [3.05, 3.63) is 53.9 Å². The van der Waals surface area contributed by atoms with Gasteiger partial charge in [-0.2, -0.15) is 11.8 Å². The minimum atomic E-state index is -0.116. The molecule has 1 aliphatic heterocycles. The number of amides is 2. The van der Waals surface area contributed by atoms with Crippen molar-refractivity contribution in [1.29, 1.82) is 0 Å². The Hall–Kier alpha value is -2.38. The van der Waals surface area contributed by atoms with Crippen molar-refractivity contribution >= 4 is 23.6 Å². The lowest BCUT2D eigenvalue weighted by Gasteiger charge is -2.26. The van der Waals surface area contributed by atoms with Crippen LogP contribution in [0.25, 0.3) is 11.1 Å².